The second-order valence-electron chi connectivity index (χ2n) is 10.4. The third kappa shape index (κ3) is 5.52. The Hall–Kier alpha value is -2.67. The van der Waals surface area contributed by atoms with Crippen LogP contribution in [0.5, 0.6) is 0 Å². The maximum Gasteiger partial charge on any atom is 0.229 e. The molecule has 2 aliphatic carbocycles. The molecule has 0 atom stereocenters. The maximum absolute atomic E-state index is 12.0. The van der Waals surface area contributed by atoms with Crippen LogP contribution >= 0.6 is 0 Å². The summed E-state index contributed by atoms with van der Waals surface area (Å²) in [5.41, 5.74) is 5.09. The van der Waals surface area contributed by atoms with Gasteiger partial charge in [0, 0.05) is 55.6 Å². The minimum absolute atomic E-state index is 0.223. The molecule has 0 radical (unpaired) electrons. The molecule has 3 aliphatic rings. The van der Waals surface area contributed by atoms with Gasteiger partial charge in [-0.25, -0.2) is 4.98 Å². The first-order valence-corrected chi connectivity index (χ1v) is 13.1. The molecular weight excluding hydrogens is 424 g/mol. The highest BCUT2D eigenvalue weighted by atomic mass is 16.1. The first-order chi connectivity index (χ1) is 16.6. The molecule has 0 bridgehead atoms. The zero-order chi connectivity index (χ0) is 23.5. The second kappa shape index (κ2) is 10.3. The summed E-state index contributed by atoms with van der Waals surface area (Å²) in [6.45, 7) is 8.15. The number of aromatic nitrogens is 2. The van der Waals surface area contributed by atoms with Crippen molar-refractivity contribution in [1.29, 1.82) is 0 Å². The molecular formula is C27H38N6O. The summed E-state index contributed by atoms with van der Waals surface area (Å²) in [4.78, 5) is 24.0. The van der Waals surface area contributed by atoms with E-state index in [1.54, 1.807) is 0 Å². The standard InChI is InChI=1S/C27H38N6O/c1-18(2)33-14-11-21-15-23(10-9-22(21)17-33)31-27-30-16-24(19-7-8-19)25(32-27)28-12-4-13-29-26(34)20-5-3-6-20/h9-10,15-16,18-20H,3-8,11-14,17H2,1-2H3,(H,29,34)(H2,28,30,31,32). The van der Waals surface area contributed by atoms with E-state index in [9.17, 15) is 4.79 Å². The van der Waals surface area contributed by atoms with Crippen LogP contribution in [-0.4, -0.2) is 46.5 Å². The predicted octanol–water partition coefficient (Wildman–Crippen LogP) is 4.58. The smallest absolute Gasteiger partial charge is 0.229 e. The van der Waals surface area contributed by atoms with Crippen molar-refractivity contribution in [2.75, 3.05) is 30.3 Å². The van der Waals surface area contributed by atoms with E-state index in [2.05, 4.69) is 57.9 Å². The lowest BCUT2D eigenvalue weighted by Crippen LogP contribution is -2.35. The van der Waals surface area contributed by atoms with E-state index < -0.39 is 0 Å². The number of nitrogens with one attached hydrogen (secondary N) is 3. The molecule has 0 spiro atoms. The molecule has 7 heteroatoms. The molecule has 182 valence electrons. The summed E-state index contributed by atoms with van der Waals surface area (Å²) in [5.74, 6) is 2.60. The van der Waals surface area contributed by atoms with E-state index in [-0.39, 0.29) is 11.8 Å². The van der Waals surface area contributed by atoms with Crippen LogP contribution in [0.1, 0.15) is 75.0 Å². The fourth-order valence-corrected chi connectivity index (χ4v) is 4.83. The number of carbonyl (C=O) groups is 1. The zero-order valence-electron chi connectivity index (χ0n) is 20.6. The highest BCUT2D eigenvalue weighted by molar-refractivity contribution is 5.79. The number of nitrogens with zero attached hydrogens (tertiary/aromatic N) is 3. The monoisotopic (exact) mass is 462 g/mol. The van der Waals surface area contributed by atoms with Crippen molar-refractivity contribution < 1.29 is 4.79 Å². The van der Waals surface area contributed by atoms with Crippen molar-refractivity contribution in [1.82, 2.24) is 20.2 Å². The minimum atomic E-state index is 0.223. The van der Waals surface area contributed by atoms with Crippen LogP contribution in [0.15, 0.2) is 24.4 Å². The summed E-state index contributed by atoms with van der Waals surface area (Å²) < 4.78 is 0. The van der Waals surface area contributed by atoms with Gasteiger partial charge in [-0.2, -0.15) is 4.98 Å². The highest BCUT2D eigenvalue weighted by Gasteiger charge is 2.28. The molecule has 0 unspecified atom stereocenters. The molecule has 1 amide bonds. The van der Waals surface area contributed by atoms with Crippen molar-refractivity contribution >= 4 is 23.4 Å². The van der Waals surface area contributed by atoms with Gasteiger partial charge in [0.1, 0.15) is 5.82 Å². The lowest BCUT2D eigenvalue weighted by Gasteiger charge is -2.32. The number of benzene rings is 1. The molecule has 5 rings (SSSR count). The van der Waals surface area contributed by atoms with Crippen LogP contribution in [0.2, 0.25) is 0 Å². The fraction of sp³-hybridized carbons (Fsp3) is 0.593. The molecule has 2 saturated carbocycles. The van der Waals surface area contributed by atoms with Crippen molar-refractivity contribution in [3.05, 3.63) is 41.1 Å². The quantitative estimate of drug-likeness (QED) is 0.448. The van der Waals surface area contributed by atoms with Crippen LogP contribution in [0.3, 0.4) is 0 Å². The van der Waals surface area contributed by atoms with Gasteiger partial charge in [-0.15, -0.1) is 0 Å². The van der Waals surface area contributed by atoms with E-state index in [1.807, 2.05) is 6.20 Å². The molecule has 7 nitrogen and oxygen atoms in total. The number of hydrogen-bond acceptors (Lipinski definition) is 6. The number of carbonyl (C=O) groups excluding carboxylic acids is 1. The highest BCUT2D eigenvalue weighted by Crippen LogP contribution is 2.42. The number of amides is 1. The van der Waals surface area contributed by atoms with Gasteiger partial charge < -0.3 is 16.0 Å². The second-order valence-corrected chi connectivity index (χ2v) is 10.4. The average molecular weight is 463 g/mol. The fourth-order valence-electron chi connectivity index (χ4n) is 4.83. The first kappa shape index (κ1) is 23.1. The molecule has 1 aromatic heterocycles. The van der Waals surface area contributed by atoms with Gasteiger partial charge in [0.05, 0.1) is 0 Å². The van der Waals surface area contributed by atoms with Crippen LogP contribution in [-0.2, 0) is 17.8 Å². The van der Waals surface area contributed by atoms with Crippen molar-refractivity contribution in [3.8, 4) is 0 Å². The van der Waals surface area contributed by atoms with E-state index in [0.29, 0.717) is 24.5 Å². The third-order valence-corrected chi connectivity index (χ3v) is 7.49. The number of fused-ring (bicyclic) bond motifs is 1. The Balaban J connectivity index is 1.18. The van der Waals surface area contributed by atoms with Crippen molar-refractivity contribution in [2.24, 2.45) is 5.92 Å². The van der Waals surface area contributed by atoms with E-state index in [1.165, 1.54) is 36.0 Å². The molecule has 0 saturated heterocycles. The van der Waals surface area contributed by atoms with Crippen molar-refractivity contribution in [2.45, 2.75) is 77.3 Å². The average Bonchev–Trinajstić information content (AvgIpc) is 3.63. The molecule has 2 aromatic rings. The Morgan fingerprint density at radius 2 is 2.00 bits per heavy atom. The normalized spacial score (nSPS) is 18.3. The molecule has 34 heavy (non-hydrogen) atoms. The van der Waals surface area contributed by atoms with Gasteiger partial charge >= 0.3 is 0 Å². The maximum atomic E-state index is 12.0. The lowest BCUT2D eigenvalue weighted by molar-refractivity contribution is -0.127. The summed E-state index contributed by atoms with van der Waals surface area (Å²) in [6.07, 6.45) is 9.64. The van der Waals surface area contributed by atoms with E-state index >= 15 is 0 Å². The van der Waals surface area contributed by atoms with Gasteiger partial charge in [-0.3, -0.25) is 9.69 Å². The summed E-state index contributed by atoms with van der Waals surface area (Å²) in [7, 11) is 0. The zero-order valence-corrected chi connectivity index (χ0v) is 20.6. The van der Waals surface area contributed by atoms with Crippen molar-refractivity contribution in [3.63, 3.8) is 0 Å². The lowest BCUT2D eigenvalue weighted by atomic mass is 9.85. The number of rotatable bonds is 10. The van der Waals surface area contributed by atoms with Gasteiger partial charge in [0.15, 0.2) is 0 Å². The van der Waals surface area contributed by atoms with E-state index in [0.717, 1.165) is 56.8 Å². The topological polar surface area (TPSA) is 82.2 Å². The Kier molecular flexibility index (Phi) is 6.99. The molecule has 1 aliphatic heterocycles. The Labute approximate surface area is 203 Å². The summed E-state index contributed by atoms with van der Waals surface area (Å²) in [6, 6.07) is 7.21. The predicted molar refractivity (Wildman–Crippen MR) is 136 cm³/mol. The third-order valence-electron chi connectivity index (χ3n) is 7.49. The molecule has 1 aromatic carbocycles. The van der Waals surface area contributed by atoms with Crippen LogP contribution in [0.4, 0.5) is 17.5 Å². The first-order valence-electron chi connectivity index (χ1n) is 13.1. The van der Waals surface area contributed by atoms with Crippen LogP contribution in [0, 0.1) is 5.92 Å². The SMILES string of the molecule is CC(C)N1CCc2cc(Nc3ncc(C4CC4)c(NCCCNC(=O)C4CCC4)n3)ccc2C1. The van der Waals surface area contributed by atoms with Crippen LogP contribution in [0.25, 0.3) is 0 Å². The molecule has 3 N–H and O–H groups in total. The van der Waals surface area contributed by atoms with Gasteiger partial charge in [-0.05, 0) is 81.5 Å². The summed E-state index contributed by atoms with van der Waals surface area (Å²) >= 11 is 0. The van der Waals surface area contributed by atoms with E-state index in [4.69, 9.17) is 4.98 Å². The Bertz CT molecular complexity index is 1010. The van der Waals surface area contributed by atoms with Gasteiger partial charge in [0.2, 0.25) is 11.9 Å². The molecule has 2 fully saturated rings. The number of hydrogen-bond donors (Lipinski definition) is 3. The summed E-state index contributed by atoms with van der Waals surface area (Å²) in [5, 5.41) is 10.0. The minimum Gasteiger partial charge on any atom is -0.370 e. The molecule has 2 heterocycles. The largest absolute Gasteiger partial charge is 0.370 e. The number of anilines is 3. The Morgan fingerprint density at radius 1 is 1.15 bits per heavy atom. The Morgan fingerprint density at radius 3 is 2.74 bits per heavy atom. The van der Waals surface area contributed by atoms with Gasteiger partial charge in [0.25, 0.3) is 0 Å². The van der Waals surface area contributed by atoms with Gasteiger partial charge in [-0.1, -0.05) is 12.5 Å². The van der Waals surface area contributed by atoms with Crippen LogP contribution < -0.4 is 16.0 Å².